The number of nitrogens with one attached hydrogen (secondary N) is 3. The van der Waals surface area contributed by atoms with E-state index in [1.165, 1.54) is 24.3 Å². The van der Waals surface area contributed by atoms with Crippen LogP contribution in [-0.4, -0.2) is 46.4 Å². The summed E-state index contributed by atoms with van der Waals surface area (Å²) in [6, 6.07) is 20.2. The summed E-state index contributed by atoms with van der Waals surface area (Å²) in [5, 5.41) is 26.1. The van der Waals surface area contributed by atoms with Crippen molar-refractivity contribution in [2.75, 3.05) is 17.2 Å². The van der Waals surface area contributed by atoms with Crippen molar-refractivity contribution in [3.8, 4) is 11.5 Å². The van der Waals surface area contributed by atoms with Crippen LogP contribution in [0.5, 0.6) is 11.5 Å². The molecule has 0 aliphatic heterocycles. The molecular formula is C39H39Cl4N3O9. The second-order valence-electron chi connectivity index (χ2n) is 12.6. The maximum absolute atomic E-state index is 12.0. The van der Waals surface area contributed by atoms with Gasteiger partial charge in [-0.2, -0.15) is 0 Å². The minimum absolute atomic E-state index is 0.0665. The summed E-state index contributed by atoms with van der Waals surface area (Å²) in [6.07, 6.45) is -0.169. The SMILES string of the molecule is CC(C)C(=O)Nc1cccc(COc2c(Cl)cc(C(=O)NCC(=O)O)cc2Cl)c1.CC(C)C(=O)Nc1cccc(COc2c(Cl)cc(CC(=O)O)cc2Cl)c1. The van der Waals surface area contributed by atoms with E-state index in [1.54, 1.807) is 44.2 Å². The summed E-state index contributed by atoms with van der Waals surface area (Å²) in [5.74, 6) is -2.67. The topological polar surface area (TPSA) is 180 Å². The lowest BCUT2D eigenvalue weighted by Crippen LogP contribution is -2.29. The Morgan fingerprint density at radius 3 is 1.40 bits per heavy atom. The van der Waals surface area contributed by atoms with Crippen LogP contribution in [0, 0.1) is 11.8 Å². The van der Waals surface area contributed by atoms with Crippen molar-refractivity contribution in [2.45, 2.75) is 47.3 Å². The number of benzene rings is 4. The third-order valence-electron chi connectivity index (χ3n) is 7.28. The highest BCUT2D eigenvalue weighted by Crippen LogP contribution is 2.36. The van der Waals surface area contributed by atoms with Gasteiger partial charge in [0.2, 0.25) is 11.8 Å². The molecule has 0 bridgehead atoms. The number of hydrogen-bond acceptors (Lipinski definition) is 7. The van der Waals surface area contributed by atoms with E-state index in [-0.39, 0.29) is 74.7 Å². The summed E-state index contributed by atoms with van der Waals surface area (Å²) in [7, 11) is 0. The highest BCUT2D eigenvalue weighted by molar-refractivity contribution is 6.38. The van der Waals surface area contributed by atoms with Crippen molar-refractivity contribution < 1.29 is 43.7 Å². The van der Waals surface area contributed by atoms with Gasteiger partial charge >= 0.3 is 11.9 Å². The predicted molar refractivity (Wildman–Crippen MR) is 213 cm³/mol. The molecule has 0 aromatic heterocycles. The van der Waals surface area contributed by atoms with Gasteiger partial charge in [-0.15, -0.1) is 0 Å². The minimum atomic E-state index is -1.16. The Morgan fingerprint density at radius 2 is 1.02 bits per heavy atom. The fraction of sp³-hybridized carbons (Fsp3) is 0.256. The van der Waals surface area contributed by atoms with E-state index < -0.39 is 24.4 Å². The third-order valence-corrected chi connectivity index (χ3v) is 8.40. The van der Waals surface area contributed by atoms with Gasteiger partial charge in [0.15, 0.2) is 11.5 Å². The molecule has 0 aliphatic carbocycles. The summed E-state index contributed by atoms with van der Waals surface area (Å²) in [4.78, 5) is 56.9. The molecule has 0 aliphatic rings. The van der Waals surface area contributed by atoms with Gasteiger partial charge in [0.1, 0.15) is 19.8 Å². The number of halogens is 4. The van der Waals surface area contributed by atoms with Gasteiger partial charge in [-0.05, 0) is 65.2 Å². The average Bonchev–Trinajstić information content (AvgIpc) is 3.10. The molecule has 0 unspecified atom stereocenters. The lowest BCUT2D eigenvalue weighted by atomic mass is 10.1. The molecule has 0 atom stereocenters. The van der Waals surface area contributed by atoms with Crippen LogP contribution in [-0.2, 0) is 38.8 Å². The van der Waals surface area contributed by atoms with Crippen molar-refractivity contribution in [3.63, 3.8) is 0 Å². The van der Waals surface area contributed by atoms with E-state index in [9.17, 15) is 24.0 Å². The third kappa shape index (κ3) is 14.6. The van der Waals surface area contributed by atoms with Crippen LogP contribution < -0.4 is 25.4 Å². The van der Waals surface area contributed by atoms with Crippen molar-refractivity contribution in [1.29, 1.82) is 0 Å². The first-order valence-electron chi connectivity index (χ1n) is 16.7. The van der Waals surface area contributed by atoms with Gasteiger partial charge in [-0.3, -0.25) is 24.0 Å². The van der Waals surface area contributed by atoms with Gasteiger partial charge < -0.3 is 35.6 Å². The van der Waals surface area contributed by atoms with E-state index in [2.05, 4.69) is 16.0 Å². The molecule has 5 N–H and O–H groups in total. The van der Waals surface area contributed by atoms with Crippen molar-refractivity contribution in [3.05, 3.63) is 115 Å². The van der Waals surface area contributed by atoms with Crippen LogP contribution in [0.25, 0.3) is 0 Å². The number of carbonyl (C=O) groups excluding carboxylic acids is 3. The molecular weight excluding hydrogens is 796 g/mol. The molecule has 0 fully saturated rings. The maximum atomic E-state index is 12.0. The molecule has 0 saturated heterocycles. The number of hydrogen-bond donors (Lipinski definition) is 5. The lowest BCUT2D eigenvalue weighted by molar-refractivity contribution is -0.137. The smallest absolute Gasteiger partial charge is 0.322 e. The molecule has 0 heterocycles. The van der Waals surface area contributed by atoms with Gasteiger partial charge in [0.25, 0.3) is 5.91 Å². The Hall–Kier alpha value is -5.01. The second kappa shape index (κ2) is 21.2. The summed E-state index contributed by atoms with van der Waals surface area (Å²) >= 11 is 24.7. The molecule has 55 heavy (non-hydrogen) atoms. The van der Waals surface area contributed by atoms with E-state index in [0.717, 1.165) is 11.1 Å². The number of aliphatic carboxylic acids is 2. The Labute approximate surface area is 338 Å². The first-order valence-corrected chi connectivity index (χ1v) is 18.2. The quantitative estimate of drug-likeness (QED) is 0.0783. The van der Waals surface area contributed by atoms with Crippen LogP contribution in [0.3, 0.4) is 0 Å². The predicted octanol–water partition coefficient (Wildman–Crippen LogP) is 8.78. The Kier molecular flexibility index (Phi) is 17.1. The molecule has 12 nitrogen and oxygen atoms in total. The number of carboxylic acids is 2. The highest BCUT2D eigenvalue weighted by atomic mass is 35.5. The number of anilines is 2. The molecule has 4 aromatic carbocycles. The maximum Gasteiger partial charge on any atom is 0.322 e. The number of carboxylic acid groups (broad SMARTS) is 2. The molecule has 16 heteroatoms. The van der Waals surface area contributed by atoms with E-state index >= 15 is 0 Å². The molecule has 4 rings (SSSR count). The Bertz CT molecular complexity index is 1990. The zero-order valence-electron chi connectivity index (χ0n) is 30.2. The van der Waals surface area contributed by atoms with Gasteiger partial charge in [0, 0.05) is 28.8 Å². The monoisotopic (exact) mass is 833 g/mol. The van der Waals surface area contributed by atoms with Crippen LogP contribution in [0.1, 0.15) is 54.7 Å². The zero-order valence-corrected chi connectivity index (χ0v) is 33.2. The number of carbonyl (C=O) groups is 5. The molecule has 0 saturated carbocycles. The zero-order chi connectivity index (χ0) is 40.8. The number of rotatable bonds is 15. The first kappa shape index (κ1) is 44.4. The summed E-state index contributed by atoms with van der Waals surface area (Å²) in [5.41, 5.74) is 3.55. The largest absolute Gasteiger partial charge is 0.486 e. The highest BCUT2D eigenvalue weighted by Gasteiger charge is 2.16. The van der Waals surface area contributed by atoms with Crippen molar-refractivity contribution in [2.24, 2.45) is 11.8 Å². The normalized spacial score (nSPS) is 10.6. The van der Waals surface area contributed by atoms with Crippen LogP contribution in [0.4, 0.5) is 11.4 Å². The first-order chi connectivity index (χ1) is 25.9. The average molecular weight is 836 g/mol. The summed E-state index contributed by atoms with van der Waals surface area (Å²) < 4.78 is 11.4. The van der Waals surface area contributed by atoms with Crippen LogP contribution >= 0.6 is 46.4 Å². The number of ether oxygens (including phenoxy) is 2. The number of amides is 3. The fourth-order valence-electron chi connectivity index (χ4n) is 4.48. The van der Waals surface area contributed by atoms with E-state index in [4.69, 9.17) is 66.1 Å². The summed E-state index contributed by atoms with van der Waals surface area (Å²) in [6.45, 7) is 7.06. The molecule has 0 radical (unpaired) electrons. The molecule has 3 amide bonds. The second-order valence-corrected chi connectivity index (χ2v) is 14.2. The van der Waals surface area contributed by atoms with Crippen molar-refractivity contribution >= 4 is 87.4 Å². The van der Waals surface area contributed by atoms with Crippen LogP contribution in [0.2, 0.25) is 20.1 Å². The van der Waals surface area contributed by atoms with E-state index in [0.29, 0.717) is 22.7 Å². The van der Waals surface area contributed by atoms with Gasteiger partial charge in [-0.25, -0.2) is 0 Å². The Balaban J connectivity index is 0.000000297. The van der Waals surface area contributed by atoms with E-state index in [1.807, 2.05) is 32.0 Å². The van der Waals surface area contributed by atoms with Gasteiger partial charge in [0.05, 0.1) is 26.5 Å². The lowest BCUT2D eigenvalue weighted by Gasteiger charge is -2.13. The van der Waals surface area contributed by atoms with Crippen molar-refractivity contribution in [1.82, 2.24) is 5.32 Å². The minimum Gasteiger partial charge on any atom is -0.486 e. The molecule has 4 aromatic rings. The Morgan fingerprint density at radius 1 is 0.600 bits per heavy atom. The molecule has 0 spiro atoms. The molecule has 292 valence electrons. The standard InChI is InChI=1S/C20H20Cl2N2O5.C19H19Cl2NO4/c1-11(2)19(27)24-14-5-3-4-12(6-14)10-29-18-15(21)7-13(8-16(18)22)20(28)23-9-17(25)26;1-11(2)19(25)22-14-5-3-4-12(6-14)10-26-18-15(20)7-13(8-16(18)21)9-17(23)24/h3-8,11H,9-10H2,1-2H3,(H,23,28)(H,24,27)(H,25,26);3-8,11H,9-10H2,1-2H3,(H,22,25)(H,23,24). The van der Waals surface area contributed by atoms with Gasteiger partial charge in [-0.1, -0.05) is 98.4 Å². The fourth-order valence-corrected chi connectivity index (χ4v) is 5.71. The van der Waals surface area contributed by atoms with Crippen LogP contribution in [0.15, 0.2) is 72.8 Å².